The van der Waals surface area contributed by atoms with Crippen molar-refractivity contribution in [3.63, 3.8) is 0 Å². The summed E-state index contributed by atoms with van der Waals surface area (Å²) in [7, 11) is 2.04. The highest BCUT2D eigenvalue weighted by Crippen LogP contribution is 1.97. The van der Waals surface area contributed by atoms with Crippen LogP contribution in [0.4, 0.5) is 0 Å². The predicted octanol–water partition coefficient (Wildman–Crippen LogP) is 0.0851. The van der Waals surface area contributed by atoms with Crippen LogP contribution in [0, 0.1) is 0 Å². The molecular formula is C11H21N3O. The van der Waals surface area contributed by atoms with E-state index in [1.807, 2.05) is 19.3 Å². The standard InChI is InChI=1S/C11H21N3O/c1-10(15)8-12-5-6-13-9-11-4-3-7-14(11)2/h3-4,7,10,12-13,15H,5-6,8-9H2,1-2H3/t10-/m0/s1. The second-order valence-corrected chi connectivity index (χ2v) is 3.84. The lowest BCUT2D eigenvalue weighted by molar-refractivity contribution is 0.191. The van der Waals surface area contributed by atoms with Gasteiger partial charge in [-0.15, -0.1) is 0 Å². The Morgan fingerprint density at radius 3 is 2.73 bits per heavy atom. The summed E-state index contributed by atoms with van der Waals surface area (Å²) in [4.78, 5) is 0. The molecule has 0 radical (unpaired) electrons. The average Bonchev–Trinajstić information content (AvgIpc) is 2.57. The molecule has 0 amide bonds. The zero-order valence-electron chi connectivity index (χ0n) is 9.53. The van der Waals surface area contributed by atoms with Crippen LogP contribution in [0.5, 0.6) is 0 Å². The van der Waals surface area contributed by atoms with E-state index in [1.165, 1.54) is 5.69 Å². The summed E-state index contributed by atoms with van der Waals surface area (Å²) in [5, 5.41) is 15.5. The molecule has 86 valence electrons. The number of aliphatic hydroxyl groups excluding tert-OH is 1. The molecule has 1 aromatic rings. The molecule has 1 heterocycles. The average molecular weight is 211 g/mol. The van der Waals surface area contributed by atoms with Crippen LogP contribution in [0.15, 0.2) is 18.3 Å². The third-order valence-corrected chi connectivity index (χ3v) is 2.28. The number of aryl methyl sites for hydroxylation is 1. The zero-order valence-corrected chi connectivity index (χ0v) is 9.53. The largest absolute Gasteiger partial charge is 0.392 e. The predicted molar refractivity (Wildman–Crippen MR) is 61.7 cm³/mol. The molecule has 0 fully saturated rings. The molecule has 4 nitrogen and oxygen atoms in total. The molecule has 0 bridgehead atoms. The topological polar surface area (TPSA) is 49.2 Å². The Morgan fingerprint density at radius 1 is 1.40 bits per heavy atom. The summed E-state index contributed by atoms with van der Waals surface area (Å²) >= 11 is 0. The summed E-state index contributed by atoms with van der Waals surface area (Å²) in [5.41, 5.74) is 1.28. The van der Waals surface area contributed by atoms with Gasteiger partial charge in [0.2, 0.25) is 0 Å². The first-order chi connectivity index (χ1) is 7.20. The first-order valence-corrected chi connectivity index (χ1v) is 5.40. The van der Waals surface area contributed by atoms with Gasteiger partial charge in [0.1, 0.15) is 0 Å². The van der Waals surface area contributed by atoms with Gasteiger partial charge in [0, 0.05) is 45.1 Å². The number of rotatable bonds is 7. The molecule has 0 unspecified atom stereocenters. The fraction of sp³-hybridized carbons (Fsp3) is 0.636. The molecule has 0 spiro atoms. The SMILES string of the molecule is C[C@H](O)CNCCNCc1cccn1C. The van der Waals surface area contributed by atoms with Crippen LogP contribution in [-0.4, -0.2) is 35.4 Å². The quantitative estimate of drug-likeness (QED) is 0.560. The van der Waals surface area contributed by atoms with Crippen LogP contribution in [0.1, 0.15) is 12.6 Å². The van der Waals surface area contributed by atoms with E-state index in [2.05, 4.69) is 21.3 Å². The van der Waals surface area contributed by atoms with Gasteiger partial charge in [-0.2, -0.15) is 0 Å². The van der Waals surface area contributed by atoms with Crippen LogP contribution < -0.4 is 10.6 Å². The Morgan fingerprint density at radius 2 is 2.13 bits per heavy atom. The Kier molecular flexibility index (Phi) is 5.39. The minimum Gasteiger partial charge on any atom is -0.392 e. The summed E-state index contributed by atoms with van der Waals surface area (Å²) in [5.74, 6) is 0. The maximum absolute atomic E-state index is 9.01. The van der Waals surface area contributed by atoms with Crippen molar-refractivity contribution >= 4 is 0 Å². The van der Waals surface area contributed by atoms with E-state index in [9.17, 15) is 0 Å². The molecule has 0 aliphatic carbocycles. The second kappa shape index (κ2) is 6.61. The fourth-order valence-corrected chi connectivity index (χ4v) is 1.38. The second-order valence-electron chi connectivity index (χ2n) is 3.84. The Hall–Kier alpha value is -0.840. The van der Waals surface area contributed by atoms with Crippen molar-refractivity contribution in [3.05, 3.63) is 24.0 Å². The Labute approximate surface area is 91.3 Å². The molecule has 0 aromatic carbocycles. The van der Waals surface area contributed by atoms with Gasteiger partial charge >= 0.3 is 0 Å². The number of hydrogen-bond acceptors (Lipinski definition) is 3. The maximum atomic E-state index is 9.01. The molecule has 15 heavy (non-hydrogen) atoms. The highest BCUT2D eigenvalue weighted by molar-refractivity contribution is 5.05. The van der Waals surface area contributed by atoms with E-state index in [-0.39, 0.29) is 6.10 Å². The normalized spacial score (nSPS) is 13.0. The zero-order chi connectivity index (χ0) is 11.1. The lowest BCUT2D eigenvalue weighted by Gasteiger charge is -2.08. The van der Waals surface area contributed by atoms with Gasteiger partial charge in [-0.3, -0.25) is 0 Å². The van der Waals surface area contributed by atoms with Crippen molar-refractivity contribution in [2.45, 2.75) is 19.6 Å². The van der Waals surface area contributed by atoms with Crippen molar-refractivity contribution in [3.8, 4) is 0 Å². The number of aromatic nitrogens is 1. The highest BCUT2D eigenvalue weighted by atomic mass is 16.3. The van der Waals surface area contributed by atoms with E-state index in [1.54, 1.807) is 6.92 Å². The smallest absolute Gasteiger partial charge is 0.0636 e. The molecule has 0 saturated carbocycles. The number of hydrogen-bond donors (Lipinski definition) is 3. The first kappa shape index (κ1) is 12.2. The molecule has 0 aliphatic heterocycles. The van der Waals surface area contributed by atoms with Crippen LogP contribution >= 0.6 is 0 Å². The number of nitrogens with zero attached hydrogens (tertiary/aromatic N) is 1. The van der Waals surface area contributed by atoms with Crippen molar-refractivity contribution in [1.29, 1.82) is 0 Å². The Bertz CT molecular complexity index is 271. The molecule has 1 atom stereocenters. The van der Waals surface area contributed by atoms with Gasteiger partial charge in [0.15, 0.2) is 0 Å². The molecule has 1 aromatic heterocycles. The van der Waals surface area contributed by atoms with E-state index >= 15 is 0 Å². The number of aliphatic hydroxyl groups is 1. The van der Waals surface area contributed by atoms with Gasteiger partial charge in [-0.1, -0.05) is 0 Å². The third kappa shape index (κ3) is 4.97. The molecule has 0 saturated heterocycles. The van der Waals surface area contributed by atoms with E-state index < -0.39 is 0 Å². The summed E-state index contributed by atoms with van der Waals surface area (Å²) in [6.45, 7) is 5.13. The first-order valence-electron chi connectivity index (χ1n) is 5.40. The monoisotopic (exact) mass is 211 g/mol. The lowest BCUT2D eigenvalue weighted by Crippen LogP contribution is -2.31. The van der Waals surface area contributed by atoms with Crippen LogP contribution in [0.3, 0.4) is 0 Å². The summed E-state index contributed by atoms with van der Waals surface area (Å²) in [6.07, 6.45) is 1.78. The number of nitrogens with one attached hydrogen (secondary N) is 2. The maximum Gasteiger partial charge on any atom is 0.0636 e. The van der Waals surface area contributed by atoms with Crippen LogP contribution in [0.25, 0.3) is 0 Å². The molecule has 3 N–H and O–H groups in total. The van der Waals surface area contributed by atoms with Crippen molar-refractivity contribution in [2.75, 3.05) is 19.6 Å². The molecule has 1 rings (SSSR count). The van der Waals surface area contributed by atoms with Crippen molar-refractivity contribution in [2.24, 2.45) is 7.05 Å². The van der Waals surface area contributed by atoms with E-state index in [4.69, 9.17) is 5.11 Å². The van der Waals surface area contributed by atoms with Gasteiger partial charge in [-0.05, 0) is 19.1 Å². The van der Waals surface area contributed by atoms with Gasteiger partial charge in [0.05, 0.1) is 6.10 Å². The molecule has 4 heteroatoms. The van der Waals surface area contributed by atoms with Gasteiger partial charge in [-0.25, -0.2) is 0 Å². The van der Waals surface area contributed by atoms with Crippen molar-refractivity contribution in [1.82, 2.24) is 15.2 Å². The van der Waals surface area contributed by atoms with E-state index in [0.29, 0.717) is 6.54 Å². The molecular weight excluding hydrogens is 190 g/mol. The van der Waals surface area contributed by atoms with Crippen LogP contribution in [-0.2, 0) is 13.6 Å². The molecule has 0 aliphatic rings. The van der Waals surface area contributed by atoms with Crippen LogP contribution in [0.2, 0.25) is 0 Å². The van der Waals surface area contributed by atoms with Gasteiger partial charge < -0.3 is 20.3 Å². The Balaban J connectivity index is 2.00. The van der Waals surface area contributed by atoms with Gasteiger partial charge in [0.25, 0.3) is 0 Å². The summed E-state index contributed by atoms with van der Waals surface area (Å²) in [6, 6.07) is 4.15. The lowest BCUT2D eigenvalue weighted by atomic mass is 10.4. The third-order valence-electron chi connectivity index (χ3n) is 2.28. The minimum atomic E-state index is -0.266. The highest BCUT2D eigenvalue weighted by Gasteiger charge is 1.96. The van der Waals surface area contributed by atoms with Crippen molar-refractivity contribution < 1.29 is 5.11 Å². The minimum absolute atomic E-state index is 0.266. The van der Waals surface area contributed by atoms with E-state index in [0.717, 1.165) is 19.6 Å². The fourth-order valence-electron chi connectivity index (χ4n) is 1.38. The summed E-state index contributed by atoms with van der Waals surface area (Å²) < 4.78 is 2.11.